The number of carboxylic acid groups (broad SMARTS) is 1. The van der Waals surface area contributed by atoms with Gasteiger partial charge in [-0.1, -0.05) is 13.8 Å². The van der Waals surface area contributed by atoms with Crippen molar-refractivity contribution in [2.24, 2.45) is 11.7 Å². The average Bonchev–Trinajstić information content (AvgIpc) is 2.75. The van der Waals surface area contributed by atoms with Crippen LogP contribution in [-0.4, -0.2) is 53.1 Å². The number of ether oxygens (including phenoxy) is 1. The number of nitrogens with two attached hydrogens (primary N) is 1. The highest BCUT2D eigenvalue weighted by Crippen LogP contribution is 2.22. The molecular formula is C12H20N2O5. The van der Waals surface area contributed by atoms with Gasteiger partial charge in [0.15, 0.2) is 6.10 Å². The maximum atomic E-state index is 12.2. The van der Waals surface area contributed by atoms with Crippen LogP contribution in [0.4, 0.5) is 0 Å². The average molecular weight is 272 g/mol. The topological polar surface area (TPSA) is 110 Å². The van der Waals surface area contributed by atoms with Crippen LogP contribution in [0.3, 0.4) is 0 Å². The van der Waals surface area contributed by atoms with Gasteiger partial charge >= 0.3 is 5.97 Å². The Bertz CT molecular complexity index is 369. The van der Waals surface area contributed by atoms with Gasteiger partial charge in [-0.25, -0.2) is 4.79 Å². The Morgan fingerprint density at radius 2 is 1.89 bits per heavy atom. The molecule has 7 heteroatoms. The number of carbonyl (C=O) groups excluding carboxylic acids is 2. The van der Waals surface area contributed by atoms with Crippen LogP contribution in [0.15, 0.2) is 0 Å². The van der Waals surface area contributed by atoms with Gasteiger partial charge in [-0.05, 0) is 18.8 Å². The van der Waals surface area contributed by atoms with E-state index >= 15 is 0 Å². The fourth-order valence-corrected chi connectivity index (χ4v) is 2.07. The zero-order valence-corrected chi connectivity index (χ0v) is 11.2. The van der Waals surface area contributed by atoms with E-state index in [4.69, 9.17) is 15.6 Å². The number of aliphatic carboxylic acids is 1. The Balaban J connectivity index is 2.66. The van der Waals surface area contributed by atoms with Crippen molar-refractivity contribution in [1.82, 2.24) is 4.90 Å². The number of rotatable bonds is 6. The molecule has 0 aliphatic carbocycles. The maximum absolute atomic E-state index is 12.2. The van der Waals surface area contributed by atoms with Gasteiger partial charge in [-0.2, -0.15) is 0 Å². The van der Waals surface area contributed by atoms with Crippen LogP contribution in [0.25, 0.3) is 0 Å². The minimum atomic E-state index is -1.07. The molecule has 1 rings (SSSR count). The van der Waals surface area contributed by atoms with E-state index in [1.54, 1.807) is 0 Å². The minimum Gasteiger partial charge on any atom is -0.479 e. The zero-order valence-electron chi connectivity index (χ0n) is 11.2. The molecule has 0 aromatic rings. The first-order valence-electron chi connectivity index (χ1n) is 6.26. The summed E-state index contributed by atoms with van der Waals surface area (Å²) in [6.07, 6.45) is -1.08. The number of carbonyl (C=O) groups is 3. The standard InChI is InChI=1S/C12H20N2O5/c1-7(2)5-14(6-10(13)15)11(16)8-3-4-9(19-8)12(17)18/h7-9H,3-6H2,1-2H3,(H2,13,15)(H,17,18)/t8-,9+/m0/s1. The highest BCUT2D eigenvalue weighted by atomic mass is 16.5. The first kappa shape index (κ1) is 15.4. The molecule has 19 heavy (non-hydrogen) atoms. The van der Waals surface area contributed by atoms with Gasteiger partial charge in [0.05, 0.1) is 6.54 Å². The highest BCUT2D eigenvalue weighted by Gasteiger charge is 2.37. The molecule has 0 bridgehead atoms. The monoisotopic (exact) mass is 272 g/mol. The lowest BCUT2D eigenvalue weighted by Crippen LogP contribution is -2.45. The van der Waals surface area contributed by atoms with Crippen molar-refractivity contribution in [3.63, 3.8) is 0 Å². The second-order valence-corrected chi connectivity index (χ2v) is 5.11. The first-order valence-corrected chi connectivity index (χ1v) is 6.26. The molecule has 0 unspecified atom stereocenters. The van der Waals surface area contributed by atoms with Crippen LogP contribution in [-0.2, 0) is 19.1 Å². The quantitative estimate of drug-likeness (QED) is 0.683. The number of hydrogen-bond donors (Lipinski definition) is 2. The van der Waals surface area contributed by atoms with Gasteiger partial charge < -0.3 is 20.5 Å². The molecule has 1 aliphatic heterocycles. The second-order valence-electron chi connectivity index (χ2n) is 5.11. The van der Waals surface area contributed by atoms with Crippen LogP contribution in [0, 0.1) is 5.92 Å². The fraction of sp³-hybridized carbons (Fsp3) is 0.750. The normalized spacial score (nSPS) is 22.5. The summed E-state index contributed by atoms with van der Waals surface area (Å²) >= 11 is 0. The molecule has 7 nitrogen and oxygen atoms in total. The van der Waals surface area contributed by atoms with E-state index in [0.29, 0.717) is 19.4 Å². The Kier molecular flexibility index (Phi) is 5.29. The van der Waals surface area contributed by atoms with E-state index in [2.05, 4.69) is 0 Å². The summed E-state index contributed by atoms with van der Waals surface area (Å²) in [5.74, 6) is -1.85. The van der Waals surface area contributed by atoms with Crippen molar-refractivity contribution < 1.29 is 24.2 Å². The largest absolute Gasteiger partial charge is 0.479 e. The molecule has 0 radical (unpaired) electrons. The molecular weight excluding hydrogens is 252 g/mol. The maximum Gasteiger partial charge on any atom is 0.332 e. The summed E-state index contributed by atoms with van der Waals surface area (Å²) in [7, 11) is 0. The van der Waals surface area contributed by atoms with Crippen molar-refractivity contribution in [2.75, 3.05) is 13.1 Å². The second kappa shape index (κ2) is 6.51. The zero-order chi connectivity index (χ0) is 14.6. The van der Waals surface area contributed by atoms with Crippen LogP contribution >= 0.6 is 0 Å². The van der Waals surface area contributed by atoms with Gasteiger partial charge in [-0.15, -0.1) is 0 Å². The number of primary amides is 1. The first-order chi connectivity index (χ1) is 8.81. The third-order valence-corrected chi connectivity index (χ3v) is 2.81. The Labute approximate surface area is 111 Å². The van der Waals surface area contributed by atoms with E-state index in [9.17, 15) is 14.4 Å². The van der Waals surface area contributed by atoms with Gasteiger partial charge in [0.25, 0.3) is 5.91 Å². The molecule has 0 aromatic heterocycles. The van der Waals surface area contributed by atoms with Gasteiger partial charge in [0.2, 0.25) is 5.91 Å². The van der Waals surface area contributed by atoms with Crippen LogP contribution in [0.1, 0.15) is 26.7 Å². The van der Waals surface area contributed by atoms with E-state index in [-0.39, 0.29) is 18.4 Å². The third kappa shape index (κ3) is 4.51. The lowest BCUT2D eigenvalue weighted by Gasteiger charge is -2.25. The van der Waals surface area contributed by atoms with E-state index in [0.717, 1.165) is 0 Å². The van der Waals surface area contributed by atoms with E-state index < -0.39 is 24.1 Å². The molecule has 0 aromatic carbocycles. The van der Waals surface area contributed by atoms with Crippen LogP contribution < -0.4 is 5.73 Å². The Morgan fingerprint density at radius 1 is 1.32 bits per heavy atom. The summed E-state index contributed by atoms with van der Waals surface area (Å²) < 4.78 is 5.19. The fourth-order valence-electron chi connectivity index (χ4n) is 2.07. The van der Waals surface area contributed by atoms with Crippen molar-refractivity contribution in [3.05, 3.63) is 0 Å². The number of nitrogens with zero attached hydrogens (tertiary/aromatic N) is 1. The molecule has 1 fully saturated rings. The molecule has 108 valence electrons. The molecule has 0 spiro atoms. The molecule has 1 aliphatic rings. The number of amides is 2. The van der Waals surface area contributed by atoms with Crippen LogP contribution in [0.5, 0.6) is 0 Å². The molecule has 2 atom stereocenters. The molecule has 0 saturated carbocycles. The van der Waals surface area contributed by atoms with Crippen molar-refractivity contribution in [1.29, 1.82) is 0 Å². The van der Waals surface area contributed by atoms with Crippen molar-refractivity contribution in [2.45, 2.75) is 38.9 Å². The predicted molar refractivity (Wildman–Crippen MR) is 66.1 cm³/mol. The van der Waals surface area contributed by atoms with E-state index in [1.807, 2.05) is 13.8 Å². The number of hydrogen-bond acceptors (Lipinski definition) is 4. The van der Waals surface area contributed by atoms with Crippen LogP contribution in [0.2, 0.25) is 0 Å². The van der Waals surface area contributed by atoms with Crippen molar-refractivity contribution in [3.8, 4) is 0 Å². The van der Waals surface area contributed by atoms with Gasteiger partial charge in [-0.3, -0.25) is 9.59 Å². The third-order valence-electron chi connectivity index (χ3n) is 2.81. The molecule has 1 saturated heterocycles. The highest BCUT2D eigenvalue weighted by molar-refractivity contribution is 5.87. The predicted octanol–water partition coefficient (Wildman–Crippen LogP) is -0.411. The summed E-state index contributed by atoms with van der Waals surface area (Å²) in [5, 5.41) is 8.82. The summed E-state index contributed by atoms with van der Waals surface area (Å²) in [4.78, 5) is 35.3. The Hall–Kier alpha value is -1.63. The Morgan fingerprint density at radius 3 is 2.32 bits per heavy atom. The summed E-state index contributed by atoms with van der Waals surface area (Å²) in [6.45, 7) is 4.04. The molecule has 3 N–H and O–H groups in total. The summed E-state index contributed by atoms with van der Waals surface area (Å²) in [6, 6.07) is 0. The van der Waals surface area contributed by atoms with Gasteiger partial charge in [0, 0.05) is 6.54 Å². The summed E-state index contributed by atoms with van der Waals surface area (Å²) in [5.41, 5.74) is 5.11. The van der Waals surface area contributed by atoms with Gasteiger partial charge in [0.1, 0.15) is 6.10 Å². The lowest BCUT2D eigenvalue weighted by molar-refractivity contribution is -0.155. The molecule has 1 heterocycles. The lowest BCUT2D eigenvalue weighted by atomic mass is 10.1. The van der Waals surface area contributed by atoms with Crippen molar-refractivity contribution >= 4 is 17.8 Å². The minimum absolute atomic E-state index is 0.172. The SMILES string of the molecule is CC(C)CN(CC(N)=O)C(=O)[C@@H]1CC[C@H](C(=O)O)O1. The smallest absolute Gasteiger partial charge is 0.332 e. The van der Waals surface area contributed by atoms with E-state index in [1.165, 1.54) is 4.90 Å². The number of carboxylic acids is 1. The molecule has 2 amide bonds.